The minimum atomic E-state index is 0.646. The number of H-pyrrole nitrogens is 1. The molecule has 0 unspecified atom stereocenters. The number of aromatic nitrogens is 1. The number of benzene rings is 1. The van der Waals surface area contributed by atoms with E-state index < -0.39 is 0 Å². The molecule has 0 radical (unpaired) electrons. The van der Waals surface area contributed by atoms with Gasteiger partial charge >= 0.3 is 0 Å². The Hall–Kier alpha value is -1.24. The van der Waals surface area contributed by atoms with Crippen molar-refractivity contribution in [3.63, 3.8) is 0 Å². The lowest BCUT2D eigenvalue weighted by atomic mass is 10.1. The molecule has 0 aliphatic carbocycles. The number of hydrogen-bond donors (Lipinski definition) is 1. The molecular weight excluding hydrogens is 146 g/mol. The summed E-state index contributed by atoms with van der Waals surface area (Å²) in [6.07, 6.45) is 0.987. The second-order valence-electron chi connectivity index (χ2n) is 3.07. The molecule has 0 aliphatic rings. The van der Waals surface area contributed by atoms with Gasteiger partial charge in [-0.25, -0.2) is 0 Å². The fourth-order valence-corrected chi connectivity index (χ4v) is 1.57. The molecule has 1 heteroatoms. The van der Waals surface area contributed by atoms with Crippen molar-refractivity contribution in [1.82, 2.24) is 4.98 Å². The van der Waals surface area contributed by atoms with E-state index in [1.165, 1.54) is 5.56 Å². The summed E-state index contributed by atoms with van der Waals surface area (Å²) < 4.78 is 7.88. The maximum Gasteiger partial charge on any atom is 0.0648 e. The zero-order valence-corrected chi connectivity index (χ0v) is 7.44. The van der Waals surface area contributed by atoms with Crippen LogP contribution in [0.4, 0.5) is 0 Å². The van der Waals surface area contributed by atoms with Gasteiger partial charge in [-0.05, 0) is 31.0 Å². The fourth-order valence-electron chi connectivity index (χ4n) is 1.57. The number of fused-ring (bicyclic) bond motifs is 1. The maximum absolute atomic E-state index is 7.88. The highest BCUT2D eigenvalue weighted by atomic mass is 14.7. The lowest BCUT2D eigenvalue weighted by molar-refractivity contribution is 1.16. The minimum Gasteiger partial charge on any atom is -0.359 e. The van der Waals surface area contributed by atoms with Crippen LogP contribution in [-0.4, -0.2) is 4.98 Å². The van der Waals surface area contributed by atoms with Crippen LogP contribution in [0.2, 0.25) is 0 Å². The highest BCUT2D eigenvalue weighted by molar-refractivity contribution is 5.83. The van der Waals surface area contributed by atoms with E-state index in [2.05, 4.69) is 18.0 Å². The van der Waals surface area contributed by atoms with Crippen LogP contribution in [0.15, 0.2) is 24.2 Å². The molecule has 0 fully saturated rings. The number of aromatic amines is 1. The second kappa shape index (κ2) is 2.67. The van der Waals surface area contributed by atoms with Gasteiger partial charge in [0.2, 0.25) is 0 Å². The monoisotopic (exact) mass is 160 g/mol. The molecule has 1 aromatic heterocycles. The quantitative estimate of drug-likeness (QED) is 0.660. The van der Waals surface area contributed by atoms with Gasteiger partial charge in [0.25, 0.3) is 0 Å². The topological polar surface area (TPSA) is 15.8 Å². The highest BCUT2D eigenvalue weighted by Gasteiger charge is 2.00. The van der Waals surface area contributed by atoms with Gasteiger partial charge in [0, 0.05) is 16.6 Å². The van der Waals surface area contributed by atoms with E-state index in [0.29, 0.717) is 6.04 Å². The smallest absolute Gasteiger partial charge is 0.0648 e. The molecule has 2 rings (SSSR count). The molecule has 1 aromatic carbocycles. The van der Waals surface area contributed by atoms with Gasteiger partial charge in [-0.2, -0.15) is 0 Å². The fraction of sp³-hybridized carbons (Fsp3) is 0.273. The van der Waals surface area contributed by atoms with E-state index in [0.717, 1.165) is 23.0 Å². The van der Waals surface area contributed by atoms with E-state index in [1.54, 1.807) is 0 Å². The molecule has 0 saturated carbocycles. The maximum atomic E-state index is 7.88. The van der Waals surface area contributed by atoms with Gasteiger partial charge in [-0.3, -0.25) is 0 Å². The van der Waals surface area contributed by atoms with Crippen LogP contribution in [0, 0.1) is 6.92 Å². The third-order valence-electron chi connectivity index (χ3n) is 2.17. The van der Waals surface area contributed by atoms with Crippen molar-refractivity contribution >= 4 is 10.9 Å². The predicted octanol–water partition coefficient (Wildman–Crippen LogP) is 3.04. The Morgan fingerprint density at radius 1 is 1.50 bits per heavy atom. The SMILES string of the molecule is [2H]c1c(C)[nH]c2cccc(CC)c12. The van der Waals surface area contributed by atoms with Crippen LogP contribution in [0.25, 0.3) is 10.9 Å². The largest absolute Gasteiger partial charge is 0.359 e. The first kappa shape index (κ1) is 6.30. The van der Waals surface area contributed by atoms with Crippen molar-refractivity contribution in [3.05, 3.63) is 35.5 Å². The summed E-state index contributed by atoms with van der Waals surface area (Å²) >= 11 is 0. The van der Waals surface area contributed by atoms with E-state index in [-0.39, 0.29) is 0 Å². The summed E-state index contributed by atoms with van der Waals surface area (Å²) in [5.41, 5.74) is 3.30. The summed E-state index contributed by atoms with van der Waals surface area (Å²) in [6.45, 7) is 4.07. The van der Waals surface area contributed by atoms with Crippen LogP contribution in [0.1, 0.15) is 19.6 Å². The molecule has 0 bridgehead atoms. The van der Waals surface area contributed by atoms with Crippen molar-refractivity contribution in [3.8, 4) is 0 Å². The van der Waals surface area contributed by atoms with Crippen LogP contribution in [0.5, 0.6) is 0 Å². The molecule has 0 saturated heterocycles. The van der Waals surface area contributed by atoms with Gasteiger partial charge in [-0.1, -0.05) is 19.1 Å². The average molecular weight is 160 g/mol. The summed E-state index contributed by atoms with van der Waals surface area (Å²) in [6, 6.07) is 6.80. The van der Waals surface area contributed by atoms with Gasteiger partial charge in [-0.15, -0.1) is 0 Å². The number of aryl methyl sites for hydroxylation is 2. The molecule has 0 amide bonds. The van der Waals surface area contributed by atoms with E-state index >= 15 is 0 Å². The Kier molecular flexibility index (Phi) is 1.40. The van der Waals surface area contributed by atoms with Crippen LogP contribution in [-0.2, 0) is 6.42 Å². The molecule has 2 aromatic rings. The zero-order valence-electron chi connectivity index (χ0n) is 8.44. The normalized spacial score (nSPS) is 12.0. The third kappa shape index (κ3) is 1.02. The zero-order chi connectivity index (χ0) is 9.42. The van der Waals surface area contributed by atoms with Gasteiger partial charge in [0.05, 0.1) is 1.37 Å². The Labute approximate surface area is 73.8 Å². The molecule has 1 nitrogen and oxygen atoms in total. The third-order valence-corrected chi connectivity index (χ3v) is 2.17. The molecule has 1 heterocycles. The number of rotatable bonds is 1. The lowest BCUT2D eigenvalue weighted by Crippen LogP contribution is -1.79. The van der Waals surface area contributed by atoms with Gasteiger partial charge in [0.15, 0.2) is 0 Å². The molecule has 0 aliphatic heterocycles. The first-order valence-electron chi connectivity index (χ1n) is 4.80. The van der Waals surface area contributed by atoms with Crippen LogP contribution in [0.3, 0.4) is 0 Å². The van der Waals surface area contributed by atoms with Crippen molar-refractivity contribution < 1.29 is 1.37 Å². The first-order chi connectivity index (χ1) is 6.24. The van der Waals surface area contributed by atoms with E-state index in [4.69, 9.17) is 1.37 Å². The molecule has 1 N–H and O–H groups in total. The summed E-state index contributed by atoms with van der Waals surface area (Å²) in [7, 11) is 0. The molecule has 62 valence electrons. The molecule has 12 heavy (non-hydrogen) atoms. The van der Waals surface area contributed by atoms with E-state index in [9.17, 15) is 0 Å². The summed E-state index contributed by atoms with van der Waals surface area (Å²) in [5, 5.41) is 1.09. The predicted molar refractivity (Wildman–Crippen MR) is 52.4 cm³/mol. The lowest BCUT2D eigenvalue weighted by Gasteiger charge is -1.96. The van der Waals surface area contributed by atoms with Crippen molar-refractivity contribution in [2.24, 2.45) is 0 Å². The summed E-state index contributed by atoms with van der Waals surface area (Å²) in [4.78, 5) is 3.21. The summed E-state index contributed by atoms with van der Waals surface area (Å²) in [5.74, 6) is 0. The number of nitrogens with one attached hydrogen (secondary N) is 1. The number of hydrogen-bond acceptors (Lipinski definition) is 0. The second-order valence-corrected chi connectivity index (χ2v) is 3.07. The molecule has 0 atom stereocenters. The Balaban J connectivity index is 2.87. The van der Waals surface area contributed by atoms with Crippen LogP contribution >= 0.6 is 0 Å². The van der Waals surface area contributed by atoms with Gasteiger partial charge < -0.3 is 4.98 Å². The first-order valence-corrected chi connectivity index (χ1v) is 4.30. The van der Waals surface area contributed by atoms with Crippen LogP contribution < -0.4 is 0 Å². The minimum absolute atomic E-state index is 0.646. The molecule has 0 spiro atoms. The van der Waals surface area contributed by atoms with Crippen molar-refractivity contribution in [2.45, 2.75) is 20.3 Å². The van der Waals surface area contributed by atoms with E-state index in [1.807, 2.05) is 19.1 Å². The highest BCUT2D eigenvalue weighted by Crippen LogP contribution is 2.19. The Bertz CT molecular complexity index is 443. The Morgan fingerprint density at radius 2 is 2.33 bits per heavy atom. The van der Waals surface area contributed by atoms with Crippen molar-refractivity contribution in [2.75, 3.05) is 0 Å². The molecular formula is C11H13N. The average Bonchev–Trinajstić information content (AvgIpc) is 2.43. The van der Waals surface area contributed by atoms with Crippen molar-refractivity contribution in [1.29, 1.82) is 0 Å². The standard InChI is InChI=1S/C11H13N/c1-3-9-5-4-6-11-10(9)7-8(2)12-11/h4-7,12H,3H2,1-2H3/i7D. The Morgan fingerprint density at radius 3 is 3.08 bits per heavy atom. The van der Waals surface area contributed by atoms with Gasteiger partial charge in [0.1, 0.15) is 0 Å².